The van der Waals surface area contributed by atoms with Crippen LogP contribution in [-0.4, -0.2) is 48.8 Å². The summed E-state index contributed by atoms with van der Waals surface area (Å²) in [4.78, 5) is 2.48. The molecule has 118 valence electrons. The molecule has 3 atom stereocenters. The van der Waals surface area contributed by atoms with Gasteiger partial charge in [0, 0.05) is 24.5 Å². The van der Waals surface area contributed by atoms with Crippen molar-refractivity contribution in [3.63, 3.8) is 0 Å². The molecule has 1 aromatic carbocycles. The number of nitrogens with zero attached hydrogens (tertiary/aromatic N) is 1. The molecular weight excluding hydrogens is 260 g/mol. The van der Waals surface area contributed by atoms with Crippen LogP contribution in [0, 0.1) is 5.92 Å². The topological polar surface area (TPSA) is 35.5 Å². The van der Waals surface area contributed by atoms with Crippen LogP contribution in [0.1, 0.15) is 32.8 Å². The first-order valence-electron chi connectivity index (χ1n) is 8.22. The van der Waals surface area contributed by atoms with Crippen molar-refractivity contribution in [1.82, 2.24) is 10.2 Å². The zero-order valence-electron chi connectivity index (χ0n) is 13.7. The molecule has 1 aliphatic heterocycles. The summed E-state index contributed by atoms with van der Waals surface area (Å²) in [7, 11) is 0. The Kier molecular flexibility index (Phi) is 5.80. The van der Waals surface area contributed by atoms with Crippen LogP contribution in [-0.2, 0) is 5.41 Å². The minimum absolute atomic E-state index is 0.0781. The van der Waals surface area contributed by atoms with Gasteiger partial charge in [-0.2, -0.15) is 0 Å². The van der Waals surface area contributed by atoms with Crippen LogP contribution >= 0.6 is 0 Å². The van der Waals surface area contributed by atoms with E-state index >= 15 is 0 Å². The minimum Gasteiger partial charge on any atom is -0.395 e. The fraction of sp³-hybridized carbons (Fsp3) is 0.667. The molecule has 0 saturated carbocycles. The molecule has 2 rings (SSSR count). The highest BCUT2D eigenvalue weighted by Crippen LogP contribution is 2.30. The molecule has 0 bridgehead atoms. The second-order valence-electron chi connectivity index (χ2n) is 6.69. The zero-order valence-corrected chi connectivity index (χ0v) is 13.7. The van der Waals surface area contributed by atoms with Crippen molar-refractivity contribution in [2.75, 3.05) is 32.8 Å². The molecule has 0 aliphatic carbocycles. The number of aliphatic hydroxyl groups is 1. The van der Waals surface area contributed by atoms with E-state index in [0.29, 0.717) is 12.0 Å². The third-order valence-corrected chi connectivity index (χ3v) is 4.97. The summed E-state index contributed by atoms with van der Waals surface area (Å²) in [5.74, 6) is 0.592. The lowest BCUT2D eigenvalue weighted by Crippen LogP contribution is -2.48. The number of rotatable bonds is 7. The molecule has 0 spiro atoms. The van der Waals surface area contributed by atoms with Gasteiger partial charge in [-0.25, -0.2) is 0 Å². The fourth-order valence-electron chi connectivity index (χ4n) is 3.52. The van der Waals surface area contributed by atoms with Crippen molar-refractivity contribution in [3.05, 3.63) is 35.9 Å². The maximum absolute atomic E-state index is 9.69. The van der Waals surface area contributed by atoms with Gasteiger partial charge in [0.15, 0.2) is 0 Å². The van der Waals surface area contributed by atoms with Crippen LogP contribution < -0.4 is 5.32 Å². The molecule has 2 N–H and O–H groups in total. The molecule has 1 saturated heterocycles. The van der Waals surface area contributed by atoms with Gasteiger partial charge in [0.25, 0.3) is 0 Å². The third-order valence-electron chi connectivity index (χ3n) is 4.97. The largest absolute Gasteiger partial charge is 0.395 e. The highest BCUT2D eigenvalue weighted by atomic mass is 16.3. The first-order valence-corrected chi connectivity index (χ1v) is 8.22. The summed E-state index contributed by atoms with van der Waals surface area (Å²) in [6.07, 6.45) is 1.19. The minimum atomic E-state index is 0.0781. The molecule has 3 heteroatoms. The summed E-state index contributed by atoms with van der Waals surface area (Å²) < 4.78 is 0. The summed E-state index contributed by atoms with van der Waals surface area (Å²) in [5.41, 5.74) is 1.46. The van der Waals surface area contributed by atoms with E-state index in [4.69, 9.17) is 0 Å². The molecule has 0 radical (unpaired) electrons. The van der Waals surface area contributed by atoms with E-state index in [-0.39, 0.29) is 12.0 Å². The number of hydrogen-bond donors (Lipinski definition) is 2. The first kappa shape index (κ1) is 16.5. The average molecular weight is 290 g/mol. The van der Waals surface area contributed by atoms with E-state index in [2.05, 4.69) is 61.3 Å². The number of hydrogen-bond acceptors (Lipinski definition) is 3. The maximum Gasteiger partial charge on any atom is 0.0589 e. The van der Waals surface area contributed by atoms with Crippen molar-refractivity contribution >= 4 is 0 Å². The Hall–Kier alpha value is -0.900. The van der Waals surface area contributed by atoms with Crippen LogP contribution in [0.15, 0.2) is 30.3 Å². The van der Waals surface area contributed by atoms with E-state index in [0.717, 1.165) is 26.2 Å². The highest BCUT2D eigenvalue weighted by Gasteiger charge is 2.36. The summed E-state index contributed by atoms with van der Waals surface area (Å²) in [6.45, 7) is 11.1. The Morgan fingerprint density at radius 3 is 2.67 bits per heavy atom. The Labute approximate surface area is 129 Å². The Bertz CT molecular complexity index is 422. The van der Waals surface area contributed by atoms with Gasteiger partial charge in [0.05, 0.1) is 6.61 Å². The Balaban J connectivity index is 2.16. The van der Waals surface area contributed by atoms with Crippen molar-refractivity contribution in [2.45, 2.75) is 38.6 Å². The number of likely N-dealkylation sites (N-methyl/N-ethyl adjacent to an activating group) is 1. The van der Waals surface area contributed by atoms with Gasteiger partial charge in [-0.1, -0.05) is 51.1 Å². The molecule has 3 nitrogen and oxygen atoms in total. The Morgan fingerprint density at radius 2 is 2.05 bits per heavy atom. The monoisotopic (exact) mass is 290 g/mol. The van der Waals surface area contributed by atoms with Gasteiger partial charge in [-0.15, -0.1) is 0 Å². The number of aliphatic hydroxyl groups excluding tert-OH is 1. The van der Waals surface area contributed by atoms with Gasteiger partial charge < -0.3 is 10.4 Å². The van der Waals surface area contributed by atoms with Crippen molar-refractivity contribution in [1.29, 1.82) is 0 Å². The van der Waals surface area contributed by atoms with Gasteiger partial charge in [-0.3, -0.25) is 4.90 Å². The normalized spacial score (nSPS) is 25.9. The van der Waals surface area contributed by atoms with Gasteiger partial charge >= 0.3 is 0 Å². The molecule has 3 unspecified atom stereocenters. The molecule has 1 heterocycles. The molecule has 0 amide bonds. The standard InChI is InChI=1S/C18H30N2O/c1-4-19-13-18(3,16-8-6-5-7-9-16)14-20-11-10-15(2)17(20)12-21/h5-9,15,17,19,21H,4,10-14H2,1-3H3. The number of benzene rings is 1. The lowest BCUT2D eigenvalue weighted by Gasteiger charge is -2.37. The first-order chi connectivity index (χ1) is 10.1. The van der Waals surface area contributed by atoms with Crippen LogP contribution in [0.3, 0.4) is 0 Å². The van der Waals surface area contributed by atoms with Gasteiger partial charge in [0.2, 0.25) is 0 Å². The second kappa shape index (κ2) is 7.39. The summed E-state index contributed by atoms with van der Waals surface area (Å²) in [6, 6.07) is 11.1. The van der Waals surface area contributed by atoms with E-state index in [1.807, 2.05) is 0 Å². The zero-order chi connectivity index (χ0) is 15.3. The molecule has 1 fully saturated rings. The predicted octanol–water partition coefficient (Wildman–Crippen LogP) is 2.26. The van der Waals surface area contributed by atoms with E-state index in [1.54, 1.807) is 0 Å². The molecular formula is C18H30N2O. The Morgan fingerprint density at radius 1 is 1.33 bits per heavy atom. The third kappa shape index (κ3) is 3.85. The van der Waals surface area contributed by atoms with Crippen LogP contribution in [0.4, 0.5) is 0 Å². The number of nitrogens with one attached hydrogen (secondary N) is 1. The van der Waals surface area contributed by atoms with Crippen LogP contribution in [0.2, 0.25) is 0 Å². The molecule has 0 aromatic heterocycles. The van der Waals surface area contributed by atoms with E-state index in [9.17, 15) is 5.11 Å². The van der Waals surface area contributed by atoms with E-state index in [1.165, 1.54) is 12.0 Å². The van der Waals surface area contributed by atoms with Crippen molar-refractivity contribution < 1.29 is 5.11 Å². The van der Waals surface area contributed by atoms with Gasteiger partial charge in [-0.05, 0) is 31.0 Å². The van der Waals surface area contributed by atoms with Crippen molar-refractivity contribution in [2.24, 2.45) is 5.92 Å². The predicted molar refractivity (Wildman–Crippen MR) is 88.6 cm³/mol. The lowest BCUT2D eigenvalue weighted by molar-refractivity contribution is 0.118. The average Bonchev–Trinajstić information content (AvgIpc) is 2.86. The van der Waals surface area contributed by atoms with Crippen LogP contribution in [0.25, 0.3) is 0 Å². The smallest absolute Gasteiger partial charge is 0.0589 e. The van der Waals surface area contributed by atoms with Crippen LogP contribution in [0.5, 0.6) is 0 Å². The fourth-order valence-corrected chi connectivity index (χ4v) is 3.52. The molecule has 1 aliphatic rings. The SMILES string of the molecule is CCNCC(C)(CN1CCC(C)C1CO)c1ccccc1. The molecule has 21 heavy (non-hydrogen) atoms. The molecule has 1 aromatic rings. The summed E-state index contributed by atoms with van der Waals surface area (Å²) >= 11 is 0. The van der Waals surface area contributed by atoms with Gasteiger partial charge in [0.1, 0.15) is 0 Å². The maximum atomic E-state index is 9.69. The lowest BCUT2D eigenvalue weighted by atomic mass is 9.81. The van der Waals surface area contributed by atoms with Crippen molar-refractivity contribution in [3.8, 4) is 0 Å². The number of likely N-dealkylation sites (tertiary alicyclic amines) is 1. The van der Waals surface area contributed by atoms with E-state index < -0.39 is 0 Å². The quantitative estimate of drug-likeness (QED) is 0.808. The summed E-state index contributed by atoms with van der Waals surface area (Å²) in [5, 5.41) is 13.2. The second-order valence-corrected chi connectivity index (χ2v) is 6.69. The highest BCUT2D eigenvalue weighted by molar-refractivity contribution is 5.26.